The van der Waals surface area contributed by atoms with Crippen LogP contribution in [0.25, 0.3) is 16.2 Å². The highest BCUT2D eigenvalue weighted by Gasteiger charge is 2.13. The summed E-state index contributed by atoms with van der Waals surface area (Å²) in [5.74, 6) is 1.09. The molecule has 3 aromatic rings. The number of carbonyl (C=O) groups excluding carboxylic acids is 1. The van der Waals surface area contributed by atoms with E-state index in [2.05, 4.69) is 15.4 Å². The van der Waals surface area contributed by atoms with Crippen molar-refractivity contribution in [3.05, 3.63) is 29.6 Å². The third-order valence-electron chi connectivity index (χ3n) is 3.20. The maximum atomic E-state index is 11.6. The summed E-state index contributed by atoms with van der Waals surface area (Å²) in [7, 11) is 1.64. The van der Waals surface area contributed by atoms with Gasteiger partial charge in [-0.05, 0) is 30.7 Å². The second-order valence-corrected chi connectivity index (χ2v) is 5.61. The van der Waals surface area contributed by atoms with Crippen LogP contribution in [0.15, 0.2) is 29.6 Å². The van der Waals surface area contributed by atoms with Crippen LogP contribution in [0.4, 0.5) is 5.95 Å². The number of methoxy groups -OCH3 is 1. The minimum absolute atomic E-state index is 0.0632. The van der Waals surface area contributed by atoms with Crippen LogP contribution in [0.5, 0.6) is 5.75 Å². The first-order chi connectivity index (χ1) is 10.7. The van der Waals surface area contributed by atoms with Gasteiger partial charge in [0.25, 0.3) is 0 Å². The zero-order valence-electron chi connectivity index (χ0n) is 12.4. The molecule has 0 aliphatic rings. The third kappa shape index (κ3) is 2.80. The van der Waals surface area contributed by atoms with Gasteiger partial charge in [-0.15, -0.1) is 16.4 Å². The molecule has 0 fully saturated rings. The lowest BCUT2D eigenvalue weighted by Crippen LogP contribution is -2.11. The number of nitrogens with zero attached hydrogens (tertiary/aromatic N) is 3. The van der Waals surface area contributed by atoms with Gasteiger partial charge in [0.2, 0.25) is 16.8 Å². The molecular formula is C15H16N4O2S. The molecule has 3 rings (SSSR count). The topological polar surface area (TPSA) is 68.5 Å². The average Bonchev–Trinajstić information content (AvgIpc) is 3.07. The van der Waals surface area contributed by atoms with Crippen molar-refractivity contribution in [3.63, 3.8) is 0 Å². The molecule has 114 valence electrons. The summed E-state index contributed by atoms with van der Waals surface area (Å²) in [5.41, 5.74) is 1.95. The third-order valence-corrected chi connectivity index (χ3v) is 4.01. The Morgan fingerprint density at radius 2 is 2.14 bits per heavy atom. The lowest BCUT2D eigenvalue weighted by atomic mass is 10.2. The van der Waals surface area contributed by atoms with Crippen LogP contribution in [0, 0.1) is 0 Å². The summed E-state index contributed by atoms with van der Waals surface area (Å²) in [6.07, 6.45) is 1.27. The number of aromatic nitrogens is 3. The minimum Gasteiger partial charge on any atom is -0.497 e. The van der Waals surface area contributed by atoms with Crippen molar-refractivity contribution in [2.75, 3.05) is 12.4 Å². The Kier molecular flexibility index (Phi) is 4.06. The van der Waals surface area contributed by atoms with Crippen LogP contribution in [-0.4, -0.2) is 27.6 Å². The van der Waals surface area contributed by atoms with Gasteiger partial charge >= 0.3 is 0 Å². The van der Waals surface area contributed by atoms with Gasteiger partial charge < -0.3 is 4.74 Å². The number of hydrogen-bond donors (Lipinski definition) is 1. The number of nitrogens with one attached hydrogen (secondary N) is 1. The van der Waals surface area contributed by atoms with E-state index in [4.69, 9.17) is 4.74 Å². The number of thiazole rings is 1. The summed E-state index contributed by atoms with van der Waals surface area (Å²) < 4.78 is 6.91. The van der Waals surface area contributed by atoms with E-state index in [0.717, 1.165) is 28.4 Å². The fourth-order valence-electron chi connectivity index (χ4n) is 2.11. The maximum absolute atomic E-state index is 11.6. The Labute approximate surface area is 131 Å². The van der Waals surface area contributed by atoms with Crippen LogP contribution in [0.3, 0.4) is 0 Å². The molecule has 0 saturated heterocycles. The van der Waals surface area contributed by atoms with Crippen LogP contribution in [0.2, 0.25) is 0 Å². The van der Waals surface area contributed by atoms with E-state index < -0.39 is 0 Å². The molecule has 0 spiro atoms. The van der Waals surface area contributed by atoms with Crippen molar-refractivity contribution < 1.29 is 9.53 Å². The van der Waals surface area contributed by atoms with Gasteiger partial charge in [-0.1, -0.05) is 6.92 Å². The van der Waals surface area contributed by atoms with Crippen molar-refractivity contribution in [2.45, 2.75) is 19.8 Å². The van der Waals surface area contributed by atoms with Crippen LogP contribution >= 0.6 is 11.3 Å². The predicted molar refractivity (Wildman–Crippen MR) is 86.4 cm³/mol. The van der Waals surface area contributed by atoms with Crippen molar-refractivity contribution in [2.24, 2.45) is 0 Å². The Bertz CT molecular complexity index is 792. The number of amides is 1. The largest absolute Gasteiger partial charge is 0.497 e. The molecule has 1 aromatic carbocycles. The molecule has 7 heteroatoms. The van der Waals surface area contributed by atoms with E-state index in [1.165, 1.54) is 11.3 Å². The normalized spacial score (nSPS) is 10.8. The molecule has 0 radical (unpaired) electrons. The van der Waals surface area contributed by atoms with Crippen molar-refractivity contribution in [1.29, 1.82) is 0 Å². The monoisotopic (exact) mass is 316 g/mol. The van der Waals surface area contributed by atoms with Crippen molar-refractivity contribution >= 4 is 28.2 Å². The first-order valence-corrected chi connectivity index (χ1v) is 7.87. The lowest BCUT2D eigenvalue weighted by molar-refractivity contribution is -0.116. The molecule has 0 saturated carbocycles. The van der Waals surface area contributed by atoms with Crippen molar-refractivity contribution in [1.82, 2.24) is 14.6 Å². The van der Waals surface area contributed by atoms with Gasteiger partial charge in [0.05, 0.1) is 12.8 Å². The molecule has 1 N–H and O–H groups in total. The smallest absolute Gasteiger partial charge is 0.250 e. The van der Waals surface area contributed by atoms with Crippen LogP contribution in [0.1, 0.15) is 19.8 Å². The lowest BCUT2D eigenvalue weighted by Gasteiger charge is -2.02. The number of fused-ring (bicyclic) bond motifs is 1. The summed E-state index contributed by atoms with van der Waals surface area (Å²) in [6.45, 7) is 1.96. The SMILES string of the molecule is CCCC(=O)Nc1nc2scc(-c3ccc(OC)cc3)n2n1. The number of anilines is 1. The Balaban J connectivity index is 1.90. The van der Waals surface area contributed by atoms with Gasteiger partial charge in [0.15, 0.2) is 0 Å². The van der Waals surface area contributed by atoms with E-state index >= 15 is 0 Å². The molecule has 0 atom stereocenters. The van der Waals surface area contributed by atoms with E-state index in [9.17, 15) is 4.79 Å². The highest BCUT2D eigenvalue weighted by Crippen LogP contribution is 2.27. The maximum Gasteiger partial charge on any atom is 0.250 e. The van der Waals surface area contributed by atoms with Gasteiger partial charge in [-0.3, -0.25) is 10.1 Å². The second kappa shape index (κ2) is 6.15. The van der Waals surface area contributed by atoms with Crippen LogP contribution in [-0.2, 0) is 4.79 Å². The Morgan fingerprint density at radius 3 is 2.82 bits per heavy atom. The highest BCUT2D eigenvalue weighted by atomic mass is 32.1. The quantitative estimate of drug-likeness (QED) is 0.785. The zero-order valence-corrected chi connectivity index (χ0v) is 13.2. The summed E-state index contributed by atoms with van der Waals surface area (Å²) >= 11 is 1.49. The first kappa shape index (κ1) is 14.5. The van der Waals surface area contributed by atoms with E-state index in [1.54, 1.807) is 11.6 Å². The van der Waals surface area contributed by atoms with Gasteiger partial charge in [0, 0.05) is 17.4 Å². The van der Waals surface area contributed by atoms with E-state index in [0.29, 0.717) is 12.4 Å². The fourth-order valence-corrected chi connectivity index (χ4v) is 2.94. The molecule has 2 heterocycles. The van der Waals surface area contributed by atoms with E-state index in [-0.39, 0.29) is 5.91 Å². The molecule has 6 nitrogen and oxygen atoms in total. The Morgan fingerprint density at radius 1 is 1.36 bits per heavy atom. The highest BCUT2D eigenvalue weighted by molar-refractivity contribution is 7.15. The molecule has 0 aliphatic heterocycles. The van der Waals surface area contributed by atoms with Gasteiger partial charge in [0.1, 0.15) is 5.75 Å². The zero-order chi connectivity index (χ0) is 15.5. The summed E-state index contributed by atoms with van der Waals surface area (Å²) in [5, 5.41) is 9.08. The fraction of sp³-hybridized carbons (Fsp3) is 0.267. The second-order valence-electron chi connectivity index (χ2n) is 4.78. The molecule has 22 heavy (non-hydrogen) atoms. The number of ether oxygens (including phenoxy) is 1. The number of benzene rings is 1. The predicted octanol–water partition coefficient (Wildman–Crippen LogP) is 3.21. The first-order valence-electron chi connectivity index (χ1n) is 7.00. The van der Waals surface area contributed by atoms with E-state index in [1.807, 2.05) is 36.6 Å². The Hall–Kier alpha value is -2.41. The molecule has 0 bridgehead atoms. The molecule has 0 unspecified atom stereocenters. The molecule has 1 amide bonds. The summed E-state index contributed by atoms with van der Waals surface area (Å²) in [6, 6.07) is 7.74. The number of rotatable bonds is 5. The van der Waals surface area contributed by atoms with Crippen molar-refractivity contribution in [3.8, 4) is 17.0 Å². The minimum atomic E-state index is -0.0632. The van der Waals surface area contributed by atoms with Gasteiger partial charge in [-0.25, -0.2) is 4.52 Å². The van der Waals surface area contributed by atoms with Crippen LogP contribution < -0.4 is 10.1 Å². The summed E-state index contributed by atoms with van der Waals surface area (Å²) in [4.78, 5) is 16.7. The average molecular weight is 316 g/mol. The molecule has 2 aromatic heterocycles. The molecule has 0 aliphatic carbocycles. The number of carbonyl (C=O) groups is 1. The van der Waals surface area contributed by atoms with Gasteiger partial charge in [-0.2, -0.15) is 4.98 Å². The molecular weight excluding hydrogens is 300 g/mol. The standard InChI is InChI=1S/C15H16N4O2S/c1-3-4-13(20)16-14-17-15-19(18-14)12(9-22-15)10-5-7-11(21-2)8-6-10/h5-9H,3-4H2,1-2H3,(H,16,18,20). The number of hydrogen-bond acceptors (Lipinski definition) is 5.